The Morgan fingerprint density at radius 1 is 1.29 bits per heavy atom. The van der Waals surface area contributed by atoms with Crippen LogP contribution in [0.25, 0.3) is 0 Å². The van der Waals surface area contributed by atoms with E-state index in [1.165, 1.54) is 13.3 Å². The zero-order valence-electron chi connectivity index (χ0n) is 20.3. The van der Waals surface area contributed by atoms with E-state index in [2.05, 4.69) is 15.2 Å². The molecule has 2 aromatic carbocycles. The first-order chi connectivity index (χ1) is 16.3. The highest BCUT2D eigenvalue weighted by Crippen LogP contribution is 2.30. The SMILES string of the molecule is COC(=O)C1CC(NCc2ccc(C)c(F)c2)CCN1CN(C)c1cc(C)ccc1N=CC=O. The monoisotopic (exact) mass is 468 g/mol. The molecule has 8 heteroatoms. The molecule has 34 heavy (non-hydrogen) atoms. The van der Waals surface area contributed by atoms with E-state index in [0.29, 0.717) is 43.7 Å². The number of benzene rings is 2. The molecule has 2 aromatic rings. The van der Waals surface area contributed by atoms with Gasteiger partial charge in [-0.25, -0.2) is 4.39 Å². The minimum Gasteiger partial charge on any atom is -0.468 e. The van der Waals surface area contributed by atoms with Crippen LogP contribution in [0.4, 0.5) is 15.8 Å². The van der Waals surface area contributed by atoms with Crippen LogP contribution in [-0.4, -0.2) is 62.8 Å². The summed E-state index contributed by atoms with van der Waals surface area (Å²) in [6, 6.07) is 10.8. The summed E-state index contributed by atoms with van der Waals surface area (Å²) in [7, 11) is 3.35. The molecule has 7 nitrogen and oxygen atoms in total. The van der Waals surface area contributed by atoms with Gasteiger partial charge in [0.25, 0.3) is 0 Å². The van der Waals surface area contributed by atoms with Crippen LogP contribution in [-0.2, 0) is 20.9 Å². The van der Waals surface area contributed by atoms with Crippen molar-refractivity contribution in [1.29, 1.82) is 0 Å². The standard InChI is InChI=1S/C26H33FN4O3/c1-18-5-8-23(28-10-12-32)24(13-18)30(3)17-31-11-9-21(15-25(31)26(33)34-4)29-16-20-7-6-19(2)22(27)14-20/h5-8,10,12-14,21,25,29H,9,11,15-17H2,1-4H3. The first kappa shape index (κ1) is 25.5. The van der Waals surface area contributed by atoms with Crippen LogP contribution < -0.4 is 10.2 Å². The van der Waals surface area contributed by atoms with Crippen molar-refractivity contribution in [3.05, 3.63) is 58.9 Å². The summed E-state index contributed by atoms with van der Waals surface area (Å²) in [6.07, 6.45) is 3.33. The fraction of sp³-hybridized carbons (Fsp3) is 0.423. The van der Waals surface area contributed by atoms with E-state index in [4.69, 9.17) is 4.74 Å². The number of nitrogens with one attached hydrogen (secondary N) is 1. The van der Waals surface area contributed by atoms with E-state index in [9.17, 15) is 14.0 Å². The maximum atomic E-state index is 13.9. The van der Waals surface area contributed by atoms with Crippen molar-refractivity contribution in [3.8, 4) is 0 Å². The highest BCUT2D eigenvalue weighted by molar-refractivity contribution is 6.14. The Bertz CT molecular complexity index is 1040. The lowest BCUT2D eigenvalue weighted by Crippen LogP contribution is -2.54. The number of halogens is 1. The molecule has 3 rings (SSSR count). The smallest absolute Gasteiger partial charge is 0.323 e. The minimum atomic E-state index is -0.403. The number of ether oxygens (including phenoxy) is 1. The Kier molecular flexibility index (Phi) is 8.90. The molecule has 2 unspecified atom stereocenters. The van der Waals surface area contributed by atoms with E-state index in [-0.39, 0.29) is 17.8 Å². The molecule has 0 aromatic heterocycles. The fourth-order valence-electron chi connectivity index (χ4n) is 4.27. The maximum Gasteiger partial charge on any atom is 0.323 e. The molecule has 0 saturated carbocycles. The number of piperidine rings is 1. The van der Waals surface area contributed by atoms with Crippen LogP contribution in [0, 0.1) is 19.7 Å². The van der Waals surface area contributed by atoms with Gasteiger partial charge in [-0.2, -0.15) is 0 Å². The average Bonchev–Trinajstić information content (AvgIpc) is 2.84. The van der Waals surface area contributed by atoms with Gasteiger partial charge in [0, 0.05) is 26.2 Å². The Morgan fingerprint density at radius 2 is 2.09 bits per heavy atom. The van der Waals surface area contributed by atoms with Gasteiger partial charge in [-0.15, -0.1) is 0 Å². The molecule has 2 atom stereocenters. The second-order valence-corrected chi connectivity index (χ2v) is 8.78. The number of hydrogen-bond donors (Lipinski definition) is 1. The summed E-state index contributed by atoms with van der Waals surface area (Å²) in [5.41, 5.74) is 4.15. The molecule has 1 saturated heterocycles. The number of carbonyl (C=O) groups excluding carboxylic acids is 2. The van der Waals surface area contributed by atoms with E-state index >= 15 is 0 Å². The van der Waals surface area contributed by atoms with Gasteiger partial charge in [-0.05, 0) is 61.6 Å². The Labute approximate surface area is 200 Å². The van der Waals surface area contributed by atoms with Gasteiger partial charge in [0.15, 0.2) is 6.29 Å². The van der Waals surface area contributed by atoms with Crippen molar-refractivity contribution in [1.82, 2.24) is 10.2 Å². The summed E-state index contributed by atoms with van der Waals surface area (Å²) in [6.45, 7) is 5.48. The number of methoxy groups -OCH3 is 1. The molecule has 1 aliphatic rings. The number of likely N-dealkylation sites (tertiary alicyclic amines) is 1. The molecular weight excluding hydrogens is 435 g/mol. The van der Waals surface area contributed by atoms with Crippen molar-refractivity contribution in [2.75, 3.05) is 32.3 Å². The first-order valence-electron chi connectivity index (χ1n) is 11.4. The number of esters is 1. The number of rotatable bonds is 9. The molecule has 0 bridgehead atoms. The molecule has 1 aliphatic heterocycles. The molecule has 0 amide bonds. The Morgan fingerprint density at radius 3 is 2.79 bits per heavy atom. The number of carbonyl (C=O) groups is 2. The summed E-state index contributed by atoms with van der Waals surface area (Å²) in [5.74, 6) is -0.484. The van der Waals surface area contributed by atoms with Crippen molar-refractivity contribution in [2.45, 2.75) is 45.3 Å². The summed E-state index contributed by atoms with van der Waals surface area (Å²) in [5, 5.41) is 3.47. The largest absolute Gasteiger partial charge is 0.468 e. The summed E-state index contributed by atoms with van der Waals surface area (Å²) >= 11 is 0. The molecular formula is C26H33FN4O3. The molecule has 0 aliphatic carbocycles. The highest BCUT2D eigenvalue weighted by Gasteiger charge is 2.34. The van der Waals surface area contributed by atoms with Gasteiger partial charge in [-0.1, -0.05) is 18.2 Å². The molecule has 182 valence electrons. The van der Waals surface area contributed by atoms with E-state index in [1.807, 2.05) is 43.1 Å². The fourth-order valence-corrected chi connectivity index (χ4v) is 4.27. The summed E-state index contributed by atoms with van der Waals surface area (Å²) in [4.78, 5) is 31.8. The predicted molar refractivity (Wildman–Crippen MR) is 132 cm³/mol. The van der Waals surface area contributed by atoms with Gasteiger partial charge < -0.3 is 15.0 Å². The van der Waals surface area contributed by atoms with Crippen molar-refractivity contribution in [3.63, 3.8) is 0 Å². The minimum absolute atomic E-state index is 0.113. The molecule has 1 fully saturated rings. The molecule has 1 N–H and O–H groups in total. The van der Waals surface area contributed by atoms with Crippen molar-refractivity contribution >= 4 is 29.8 Å². The van der Waals surface area contributed by atoms with Gasteiger partial charge >= 0.3 is 5.97 Å². The third kappa shape index (κ3) is 6.48. The van der Waals surface area contributed by atoms with Crippen LogP contribution in [0.5, 0.6) is 0 Å². The quantitative estimate of drug-likeness (QED) is 0.345. The van der Waals surface area contributed by atoms with Gasteiger partial charge in [0.05, 0.1) is 31.4 Å². The third-order valence-corrected chi connectivity index (χ3v) is 6.23. The van der Waals surface area contributed by atoms with Crippen molar-refractivity contribution in [2.24, 2.45) is 4.99 Å². The normalized spacial score (nSPS) is 18.7. The lowest BCUT2D eigenvalue weighted by Gasteiger charge is -2.40. The zero-order valence-corrected chi connectivity index (χ0v) is 20.3. The lowest BCUT2D eigenvalue weighted by atomic mass is 9.97. The number of hydrogen-bond acceptors (Lipinski definition) is 7. The Balaban J connectivity index is 1.69. The van der Waals surface area contributed by atoms with Crippen molar-refractivity contribution < 1.29 is 18.7 Å². The molecule has 1 heterocycles. The topological polar surface area (TPSA) is 74.2 Å². The molecule has 0 spiro atoms. The third-order valence-electron chi connectivity index (χ3n) is 6.23. The average molecular weight is 469 g/mol. The highest BCUT2D eigenvalue weighted by atomic mass is 19.1. The molecule has 0 radical (unpaired) electrons. The number of aryl methyl sites for hydroxylation is 2. The number of aliphatic imine (C=N–C) groups is 1. The maximum absolute atomic E-state index is 13.9. The van der Waals surface area contributed by atoms with Gasteiger partial charge in [-0.3, -0.25) is 19.5 Å². The van der Waals surface area contributed by atoms with Crippen LogP contribution in [0.2, 0.25) is 0 Å². The Hall–Kier alpha value is -3.10. The van der Waals surface area contributed by atoms with Gasteiger partial charge in [0.1, 0.15) is 11.9 Å². The lowest BCUT2D eigenvalue weighted by molar-refractivity contribution is -0.148. The predicted octanol–water partition coefficient (Wildman–Crippen LogP) is 3.53. The number of anilines is 1. The van der Waals surface area contributed by atoms with Crippen LogP contribution in [0.1, 0.15) is 29.5 Å². The number of aldehydes is 1. The van der Waals surface area contributed by atoms with Crippen LogP contribution >= 0.6 is 0 Å². The van der Waals surface area contributed by atoms with E-state index in [0.717, 1.165) is 23.2 Å². The van der Waals surface area contributed by atoms with Crippen LogP contribution in [0.3, 0.4) is 0 Å². The second-order valence-electron chi connectivity index (χ2n) is 8.78. The summed E-state index contributed by atoms with van der Waals surface area (Å²) < 4.78 is 19.0. The van der Waals surface area contributed by atoms with Crippen LogP contribution in [0.15, 0.2) is 41.4 Å². The van der Waals surface area contributed by atoms with E-state index in [1.54, 1.807) is 19.1 Å². The van der Waals surface area contributed by atoms with Gasteiger partial charge in [0.2, 0.25) is 0 Å². The second kappa shape index (κ2) is 11.9. The van der Waals surface area contributed by atoms with E-state index < -0.39 is 6.04 Å². The zero-order chi connectivity index (χ0) is 24.7. The number of nitrogens with zero attached hydrogens (tertiary/aromatic N) is 3. The first-order valence-corrected chi connectivity index (χ1v) is 11.4.